The van der Waals surface area contributed by atoms with E-state index >= 15 is 0 Å². The van der Waals surface area contributed by atoms with Crippen molar-refractivity contribution in [1.82, 2.24) is 0 Å². The van der Waals surface area contributed by atoms with Crippen LogP contribution in [0.15, 0.2) is 18.2 Å². The molecule has 0 saturated carbocycles. The summed E-state index contributed by atoms with van der Waals surface area (Å²) in [6.45, 7) is 0. The van der Waals surface area contributed by atoms with Crippen LogP contribution >= 0.6 is 34.2 Å². The summed E-state index contributed by atoms with van der Waals surface area (Å²) in [5, 5.41) is 18.1. The third-order valence-electron chi connectivity index (χ3n) is 1.51. The normalized spacial score (nSPS) is 12.5. The van der Waals surface area contributed by atoms with Crippen molar-refractivity contribution in [3.63, 3.8) is 0 Å². The second-order valence-corrected chi connectivity index (χ2v) is 3.95. The smallest absolute Gasteiger partial charge is 0.337 e. The van der Waals surface area contributed by atoms with Gasteiger partial charge in [-0.2, -0.15) is 0 Å². The lowest BCUT2D eigenvalue weighted by molar-refractivity contribution is -0.147. The number of rotatable bonds is 2. The summed E-state index contributed by atoms with van der Waals surface area (Å²) in [5.74, 6) is -1.30. The van der Waals surface area contributed by atoms with Gasteiger partial charge in [0, 0.05) is 14.2 Å². The van der Waals surface area contributed by atoms with Gasteiger partial charge in [-0.15, -0.1) is 0 Å². The van der Waals surface area contributed by atoms with E-state index in [0.29, 0.717) is 3.57 Å². The molecule has 1 atom stereocenters. The number of halogens is 2. The molecule has 0 aromatic heterocycles. The van der Waals surface area contributed by atoms with Gasteiger partial charge in [-0.3, -0.25) is 0 Å². The van der Waals surface area contributed by atoms with Crippen LogP contribution in [-0.4, -0.2) is 16.2 Å². The number of hydrogen-bond acceptors (Lipinski definition) is 2. The van der Waals surface area contributed by atoms with E-state index in [4.69, 9.17) is 16.7 Å². The molecular weight excluding hydrogens is 306 g/mol. The predicted octanol–water partition coefficient (Wildman–Crippen LogP) is 2.06. The van der Waals surface area contributed by atoms with E-state index in [1.54, 1.807) is 18.2 Å². The van der Waals surface area contributed by atoms with Gasteiger partial charge < -0.3 is 10.2 Å². The van der Waals surface area contributed by atoms with Gasteiger partial charge in [-0.25, -0.2) is 4.79 Å². The van der Waals surface area contributed by atoms with Crippen LogP contribution in [0.1, 0.15) is 11.7 Å². The summed E-state index contributed by atoms with van der Waals surface area (Å²) in [6, 6.07) is 4.93. The van der Waals surface area contributed by atoms with Crippen molar-refractivity contribution in [1.29, 1.82) is 0 Å². The molecule has 3 nitrogen and oxygen atoms in total. The van der Waals surface area contributed by atoms with Gasteiger partial charge in [-0.05, 0) is 34.7 Å². The minimum Gasteiger partial charge on any atom is -0.479 e. The van der Waals surface area contributed by atoms with Crippen LogP contribution in [0, 0.1) is 3.57 Å². The van der Waals surface area contributed by atoms with Gasteiger partial charge in [0.05, 0.1) is 0 Å². The lowest BCUT2D eigenvalue weighted by atomic mass is 10.1. The average molecular weight is 312 g/mol. The molecule has 0 aliphatic carbocycles. The Labute approximate surface area is 93.5 Å². The highest BCUT2D eigenvalue weighted by molar-refractivity contribution is 14.1. The standard InChI is InChI=1S/C8H6ClIO3/c9-4-2-1-3-5(10)6(4)7(11)8(12)13/h1-3,7,11H,(H,12,13). The Morgan fingerprint density at radius 2 is 2.15 bits per heavy atom. The molecule has 1 rings (SSSR count). The zero-order valence-corrected chi connectivity index (χ0v) is 9.28. The van der Waals surface area contributed by atoms with Crippen molar-refractivity contribution in [3.05, 3.63) is 32.4 Å². The highest BCUT2D eigenvalue weighted by Crippen LogP contribution is 2.27. The lowest BCUT2D eigenvalue weighted by Gasteiger charge is -2.09. The van der Waals surface area contributed by atoms with Crippen LogP contribution in [-0.2, 0) is 4.79 Å². The summed E-state index contributed by atoms with van der Waals surface area (Å²) in [5.41, 5.74) is 0.247. The van der Waals surface area contributed by atoms with Gasteiger partial charge in [-0.1, -0.05) is 17.7 Å². The summed E-state index contributed by atoms with van der Waals surface area (Å²) in [7, 11) is 0. The minimum atomic E-state index is -1.56. The van der Waals surface area contributed by atoms with Crippen molar-refractivity contribution < 1.29 is 15.0 Å². The fourth-order valence-corrected chi connectivity index (χ4v) is 2.13. The molecule has 1 aromatic rings. The zero-order chi connectivity index (χ0) is 10.0. The number of aliphatic hydroxyl groups is 1. The Kier molecular flexibility index (Phi) is 3.52. The first-order valence-electron chi connectivity index (χ1n) is 3.39. The van der Waals surface area contributed by atoms with Crippen LogP contribution < -0.4 is 0 Å². The topological polar surface area (TPSA) is 57.5 Å². The predicted molar refractivity (Wildman–Crippen MR) is 56.8 cm³/mol. The number of aliphatic hydroxyl groups excluding tert-OH is 1. The van der Waals surface area contributed by atoms with Crippen LogP contribution in [0.2, 0.25) is 5.02 Å². The number of carbonyl (C=O) groups is 1. The molecule has 5 heteroatoms. The van der Waals surface area contributed by atoms with E-state index in [-0.39, 0.29) is 10.6 Å². The first-order chi connectivity index (χ1) is 6.04. The highest BCUT2D eigenvalue weighted by atomic mass is 127. The quantitative estimate of drug-likeness (QED) is 0.822. The third kappa shape index (κ3) is 2.32. The fourth-order valence-electron chi connectivity index (χ4n) is 0.895. The van der Waals surface area contributed by atoms with Gasteiger partial charge in [0.1, 0.15) is 0 Å². The van der Waals surface area contributed by atoms with Crippen molar-refractivity contribution in [2.75, 3.05) is 0 Å². The second-order valence-electron chi connectivity index (χ2n) is 2.38. The molecule has 70 valence electrons. The fraction of sp³-hybridized carbons (Fsp3) is 0.125. The monoisotopic (exact) mass is 312 g/mol. The number of benzene rings is 1. The van der Waals surface area contributed by atoms with Crippen LogP contribution in [0.5, 0.6) is 0 Å². The molecule has 0 aliphatic rings. The molecular formula is C8H6ClIO3. The Morgan fingerprint density at radius 1 is 1.54 bits per heavy atom. The molecule has 0 spiro atoms. The van der Waals surface area contributed by atoms with E-state index in [2.05, 4.69) is 0 Å². The maximum absolute atomic E-state index is 10.5. The molecule has 2 N–H and O–H groups in total. The van der Waals surface area contributed by atoms with Gasteiger partial charge >= 0.3 is 5.97 Å². The summed E-state index contributed by atoms with van der Waals surface area (Å²) >= 11 is 7.67. The molecule has 0 aliphatic heterocycles. The second kappa shape index (κ2) is 4.26. The average Bonchev–Trinajstić information content (AvgIpc) is 2.03. The van der Waals surface area contributed by atoms with Gasteiger partial charge in [0.15, 0.2) is 6.10 Å². The van der Waals surface area contributed by atoms with E-state index in [1.807, 2.05) is 22.6 Å². The maximum Gasteiger partial charge on any atom is 0.337 e. The molecule has 1 unspecified atom stereocenters. The minimum absolute atomic E-state index is 0.247. The van der Waals surface area contributed by atoms with Gasteiger partial charge in [0.2, 0.25) is 0 Å². The van der Waals surface area contributed by atoms with E-state index in [0.717, 1.165) is 0 Å². The maximum atomic E-state index is 10.5. The summed E-state index contributed by atoms with van der Waals surface area (Å²) in [6.07, 6.45) is -1.56. The van der Waals surface area contributed by atoms with Crippen molar-refractivity contribution in [2.45, 2.75) is 6.10 Å². The molecule has 0 radical (unpaired) electrons. The van der Waals surface area contributed by atoms with Crippen molar-refractivity contribution >= 4 is 40.2 Å². The molecule has 0 heterocycles. The first-order valence-corrected chi connectivity index (χ1v) is 4.84. The van der Waals surface area contributed by atoms with Crippen LogP contribution in [0.4, 0.5) is 0 Å². The molecule has 1 aromatic carbocycles. The zero-order valence-electron chi connectivity index (χ0n) is 6.37. The highest BCUT2D eigenvalue weighted by Gasteiger charge is 2.21. The van der Waals surface area contributed by atoms with Crippen LogP contribution in [0.25, 0.3) is 0 Å². The van der Waals surface area contributed by atoms with E-state index in [1.165, 1.54) is 0 Å². The van der Waals surface area contributed by atoms with E-state index in [9.17, 15) is 9.90 Å². The summed E-state index contributed by atoms with van der Waals surface area (Å²) in [4.78, 5) is 10.5. The van der Waals surface area contributed by atoms with Crippen molar-refractivity contribution in [2.24, 2.45) is 0 Å². The molecule has 0 amide bonds. The van der Waals surface area contributed by atoms with Crippen LogP contribution in [0.3, 0.4) is 0 Å². The largest absolute Gasteiger partial charge is 0.479 e. The van der Waals surface area contributed by atoms with Gasteiger partial charge in [0.25, 0.3) is 0 Å². The lowest BCUT2D eigenvalue weighted by Crippen LogP contribution is -2.12. The summed E-state index contributed by atoms with van der Waals surface area (Å²) < 4.78 is 0.639. The Bertz CT molecular complexity index is 320. The molecule has 13 heavy (non-hydrogen) atoms. The Morgan fingerprint density at radius 3 is 2.62 bits per heavy atom. The molecule has 0 fully saturated rings. The molecule has 0 saturated heterocycles. The third-order valence-corrected chi connectivity index (χ3v) is 2.78. The number of carboxylic acids is 1. The Hall–Kier alpha value is -0.330. The van der Waals surface area contributed by atoms with E-state index < -0.39 is 12.1 Å². The first kappa shape index (κ1) is 10.7. The Balaban J connectivity index is 3.20. The number of hydrogen-bond donors (Lipinski definition) is 2. The number of aliphatic carboxylic acids is 1. The molecule has 0 bridgehead atoms. The van der Waals surface area contributed by atoms with Crippen molar-refractivity contribution in [3.8, 4) is 0 Å². The number of carboxylic acid groups (broad SMARTS) is 1. The SMILES string of the molecule is O=C(O)C(O)c1c(Cl)cccc1I.